The van der Waals surface area contributed by atoms with Crippen LogP contribution in [0.15, 0.2) is 30.3 Å². The zero-order valence-electron chi connectivity index (χ0n) is 7.05. The van der Waals surface area contributed by atoms with Gasteiger partial charge in [-0.15, -0.1) is 0 Å². The first-order valence-corrected chi connectivity index (χ1v) is 3.68. The molecule has 0 aliphatic heterocycles. The summed E-state index contributed by atoms with van der Waals surface area (Å²) in [5, 5.41) is 23.6. The Morgan fingerprint density at radius 3 is 1.85 bits per heavy atom. The number of hydrogen-bond acceptors (Lipinski definition) is 3. The SMILES string of the molecule is O=C(O)CO.OCc1ccccc1. The van der Waals surface area contributed by atoms with Crippen LogP contribution in [0.3, 0.4) is 0 Å². The molecule has 0 aliphatic carbocycles. The van der Waals surface area contributed by atoms with Crippen LogP contribution in [0.2, 0.25) is 0 Å². The van der Waals surface area contributed by atoms with Gasteiger partial charge in [0, 0.05) is 0 Å². The van der Waals surface area contributed by atoms with E-state index in [1.54, 1.807) is 0 Å². The lowest BCUT2D eigenvalue weighted by molar-refractivity contribution is -0.140. The minimum atomic E-state index is -1.19. The topological polar surface area (TPSA) is 77.8 Å². The van der Waals surface area contributed by atoms with Gasteiger partial charge in [-0.25, -0.2) is 4.79 Å². The van der Waals surface area contributed by atoms with E-state index in [9.17, 15) is 0 Å². The highest BCUT2D eigenvalue weighted by Crippen LogP contribution is 1.95. The number of carboxylic acid groups (broad SMARTS) is 1. The predicted octanol–water partition coefficient (Wildman–Crippen LogP) is 0.242. The van der Waals surface area contributed by atoms with Gasteiger partial charge in [-0.2, -0.15) is 0 Å². The van der Waals surface area contributed by atoms with E-state index >= 15 is 0 Å². The molecule has 3 N–H and O–H groups in total. The molecule has 4 nitrogen and oxygen atoms in total. The molecule has 0 unspecified atom stereocenters. The van der Waals surface area contributed by atoms with Crippen LogP contribution in [0.25, 0.3) is 0 Å². The quantitative estimate of drug-likeness (QED) is 0.615. The minimum Gasteiger partial charge on any atom is -0.480 e. The number of benzene rings is 1. The van der Waals surface area contributed by atoms with Crippen LogP contribution in [-0.2, 0) is 11.4 Å². The highest BCUT2D eigenvalue weighted by molar-refractivity contribution is 5.67. The molecule has 13 heavy (non-hydrogen) atoms. The van der Waals surface area contributed by atoms with Gasteiger partial charge >= 0.3 is 5.97 Å². The fourth-order valence-corrected chi connectivity index (χ4v) is 0.583. The summed E-state index contributed by atoms with van der Waals surface area (Å²) < 4.78 is 0. The van der Waals surface area contributed by atoms with Crippen LogP contribution in [0, 0.1) is 0 Å². The van der Waals surface area contributed by atoms with E-state index in [1.165, 1.54) is 0 Å². The van der Waals surface area contributed by atoms with Gasteiger partial charge in [0.25, 0.3) is 0 Å². The van der Waals surface area contributed by atoms with E-state index in [4.69, 9.17) is 20.1 Å². The summed E-state index contributed by atoms with van der Waals surface area (Å²) >= 11 is 0. The lowest BCUT2D eigenvalue weighted by atomic mass is 10.2. The number of carboxylic acids is 1. The standard InChI is InChI=1S/C7H8O.C2H4O3/c8-6-7-4-2-1-3-5-7;3-1-2(4)5/h1-5,8H,6H2;3H,1H2,(H,4,5). The van der Waals surface area contributed by atoms with Gasteiger partial charge in [0.05, 0.1) is 6.61 Å². The van der Waals surface area contributed by atoms with E-state index in [0.29, 0.717) is 0 Å². The van der Waals surface area contributed by atoms with Crippen molar-refractivity contribution in [2.24, 2.45) is 0 Å². The molecule has 0 spiro atoms. The molecule has 0 atom stereocenters. The Hall–Kier alpha value is -1.39. The Bertz CT molecular complexity index is 233. The first-order valence-electron chi connectivity index (χ1n) is 3.68. The lowest BCUT2D eigenvalue weighted by Crippen LogP contribution is -1.98. The highest BCUT2D eigenvalue weighted by atomic mass is 16.4. The van der Waals surface area contributed by atoms with Crippen molar-refractivity contribution in [2.45, 2.75) is 6.61 Å². The maximum Gasteiger partial charge on any atom is 0.329 e. The summed E-state index contributed by atoms with van der Waals surface area (Å²) in [6, 6.07) is 9.52. The van der Waals surface area contributed by atoms with Crippen LogP contribution < -0.4 is 0 Å². The molecule has 0 aliphatic rings. The monoisotopic (exact) mass is 184 g/mol. The number of carbonyl (C=O) groups is 1. The van der Waals surface area contributed by atoms with Crippen molar-refractivity contribution in [1.82, 2.24) is 0 Å². The van der Waals surface area contributed by atoms with Crippen LogP contribution >= 0.6 is 0 Å². The number of aliphatic carboxylic acids is 1. The van der Waals surface area contributed by atoms with E-state index < -0.39 is 12.6 Å². The van der Waals surface area contributed by atoms with Crippen LogP contribution in [0.4, 0.5) is 0 Å². The number of aliphatic hydroxyl groups excluding tert-OH is 2. The van der Waals surface area contributed by atoms with Gasteiger partial charge < -0.3 is 15.3 Å². The zero-order chi connectivity index (χ0) is 10.1. The molecular formula is C9H12O4. The van der Waals surface area contributed by atoms with E-state index in [1.807, 2.05) is 30.3 Å². The van der Waals surface area contributed by atoms with Crippen molar-refractivity contribution in [3.63, 3.8) is 0 Å². The molecule has 72 valence electrons. The van der Waals surface area contributed by atoms with Gasteiger partial charge in [0.2, 0.25) is 0 Å². The zero-order valence-corrected chi connectivity index (χ0v) is 7.05. The second kappa shape index (κ2) is 7.27. The van der Waals surface area contributed by atoms with Gasteiger partial charge in [-0.05, 0) is 5.56 Å². The van der Waals surface area contributed by atoms with Crippen LogP contribution in [-0.4, -0.2) is 27.9 Å². The molecule has 0 amide bonds. The Balaban J connectivity index is 0.000000252. The number of aliphatic hydroxyl groups is 2. The molecule has 4 heteroatoms. The maximum atomic E-state index is 9.12. The van der Waals surface area contributed by atoms with Gasteiger partial charge in [-0.1, -0.05) is 30.3 Å². The van der Waals surface area contributed by atoms with Crippen molar-refractivity contribution in [3.8, 4) is 0 Å². The second-order valence-corrected chi connectivity index (χ2v) is 2.20. The molecule has 0 heterocycles. The number of hydrogen-bond donors (Lipinski definition) is 3. The van der Waals surface area contributed by atoms with Crippen molar-refractivity contribution in [1.29, 1.82) is 0 Å². The summed E-state index contributed by atoms with van der Waals surface area (Å²) in [6.45, 7) is -0.638. The fourth-order valence-electron chi connectivity index (χ4n) is 0.583. The first-order chi connectivity index (χ1) is 6.20. The highest BCUT2D eigenvalue weighted by Gasteiger charge is 1.82. The summed E-state index contributed by atoms with van der Waals surface area (Å²) in [5.74, 6) is -1.19. The Morgan fingerprint density at radius 1 is 1.15 bits per heavy atom. The first kappa shape index (κ1) is 11.6. The molecule has 0 radical (unpaired) electrons. The predicted molar refractivity (Wildman–Crippen MR) is 47.1 cm³/mol. The summed E-state index contributed by atoms with van der Waals surface area (Å²) in [5.41, 5.74) is 0.965. The smallest absolute Gasteiger partial charge is 0.329 e. The average molecular weight is 184 g/mol. The maximum absolute atomic E-state index is 9.12. The van der Waals surface area contributed by atoms with Crippen LogP contribution in [0.5, 0.6) is 0 Å². The van der Waals surface area contributed by atoms with Crippen LogP contribution in [0.1, 0.15) is 5.56 Å². The van der Waals surface area contributed by atoms with Crippen molar-refractivity contribution in [3.05, 3.63) is 35.9 Å². The Labute approximate surface area is 76.1 Å². The molecule has 0 fully saturated rings. The molecular weight excluding hydrogens is 172 g/mol. The van der Waals surface area contributed by atoms with E-state index in [2.05, 4.69) is 0 Å². The molecule has 1 rings (SSSR count). The molecule has 0 bridgehead atoms. The third-order valence-electron chi connectivity index (χ3n) is 1.16. The van der Waals surface area contributed by atoms with Gasteiger partial charge in [0.1, 0.15) is 6.61 Å². The summed E-state index contributed by atoms with van der Waals surface area (Å²) in [4.78, 5) is 9.12. The third-order valence-corrected chi connectivity index (χ3v) is 1.16. The van der Waals surface area contributed by atoms with E-state index in [-0.39, 0.29) is 6.61 Å². The lowest BCUT2D eigenvalue weighted by Gasteiger charge is -1.89. The summed E-state index contributed by atoms with van der Waals surface area (Å²) in [6.07, 6.45) is 0. The Kier molecular flexibility index (Phi) is 6.49. The van der Waals surface area contributed by atoms with Crippen molar-refractivity contribution in [2.75, 3.05) is 6.61 Å². The molecule has 0 aromatic heterocycles. The normalized spacial score (nSPS) is 8.46. The van der Waals surface area contributed by atoms with Gasteiger partial charge in [-0.3, -0.25) is 0 Å². The summed E-state index contributed by atoms with van der Waals surface area (Å²) in [7, 11) is 0. The van der Waals surface area contributed by atoms with Crippen molar-refractivity contribution >= 4 is 5.97 Å². The fraction of sp³-hybridized carbons (Fsp3) is 0.222. The Morgan fingerprint density at radius 2 is 1.62 bits per heavy atom. The van der Waals surface area contributed by atoms with Gasteiger partial charge in [0.15, 0.2) is 0 Å². The molecule has 0 saturated heterocycles. The number of rotatable bonds is 2. The second-order valence-electron chi connectivity index (χ2n) is 2.20. The molecule has 1 aromatic carbocycles. The largest absolute Gasteiger partial charge is 0.480 e. The van der Waals surface area contributed by atoms with Crippen molar-refractivity contribution < 1.29 is 20.1 Å². The molecule has 1 aromatic rings. The molecule has 0 saturated carbocycles. The van der Waals surface area contributed by atoms with E-state index in [0.717, 1.165) is 5.56 Å². The minimum absolute atomic E-state index is 0.140. The average Bonchev–Trinajstić information content (AvgIpc) is 2.20. The third kappa shape index (κ3) is 6.99.